The van der Waals surface area contributed by atoms with Crippen molar-refractivity contribution in [1.82, 2.24) is 10.3 Å². The Kier molecular flexibility index (Phi) is 6.04. The van der Waals surface area contributed by atoms with Crippen molar-refractivity contribution in [3.63, 3.8) is 0 Å². The molecule has 140 valence electrons. The maximum Gasteiger partial charge on any atom is 0.329 e. The highest BCUT2D eigenvalue weighted by Gasteiger charge is 2.26. The highest BCUT2D eigenvalue weighted by Crippen LogP contribution is 2.28. The van der Waals surface area contributed by atoms with Crippen LogP contribution in [0.4, 0.5) is 5.69 Å². The predicted molar refractivity (Wildman–Crippen MR) is 104 cm³/mol. The fourth-order valence-corrected chi connectivity index (χ4v) is 2.94. The van der Waals surface area contributed by atoms with Crippen molar-refractivity contribution in [2.45, 2.75) is 0 Å². The number of rotatable bonds is 4. The first-order chi connectivity index (χ1) is 13.2. The molecule has 0 bridgehead atoms. The molecule has 27 heavy (non-hydrogen) atoms. The molecule has 1 aliphatic heterocycles. The van der Waals surface area contributed by atoms with Crippen LogP contribution in [0, 0.1) is 0 Å². The lowest BCUT2D eigenvalue weighted by molar-refractivity contribution is -0.146. The average molecular weight is 366 g/mol. The van der Waals surface area contributed by atoms with Crippen molar-refractivity contribution in [3.05, 3.63) is 60.2 Å². The third kappa shape index (κ3) is 4.63. The number of carbonyl (C=O) groups excluding carboxylic acids is 2. The van der Waals surface area contributed by atoms with Crippen molar-refractivity contribution in [2.24, 2.45) is 5.10 Å². The lowest BCUT2D eigenvalue weighted by Crippen LogP contribution is -2.52. The summed E-state index contributed by atoms with van der Waals surface area (Å²) >= 11 is 0. The van der Waals surface area contributed by atoms with Crippen molar-refractivity contribution in [2.75, 3.05) is 38.2 Å². The number of benzene rings is 2. The van der Waals surface area contributed by atoms with E-state index in [1.807, 2.05) is 54.6 Å². The largest absolute Gasteiger partial charge is 0.495 e. The summed E-state index contributed by atoms with van der Waals surface area (Å²) in [5.41, 5.74) is 4.13. The molecule has 7 nitrogen and oxygen atoms in total. The molecule has 2 amide bonds. The first-order valence-corrected chi connectivity index (χ1v) is 8.74. The van der Waals surface area contributed by atoms with Crippen LogP contribution in [0.15, 0.2) is 59.7 Å². The molecule has 3 rings (SSSR count). The zero-order chi connectivity index (χ0) is 19.1. The number of hydrogen-bond donors (Lipinski definition) is 1. The highest BCUT2D eigenvalue weighted by molar-refractivity contribution is 6.35. The second kappa shape index (κ2) is 8.84. The SMILES string of the molecule is COc1ccccc1N1CCN(C(=O)C(=O)N/N=C\c2ccccc2)CC1. The first-order valence-electron chi connectivity index (χ1n) is 8.74. The maximum absolute atomic E-state index is 12.3. The summed E-state index contributed by atoms with van der Waals surface area (Å²) in [5.74, 6) is -0.502. The van der Waals surface area contributed by atoms with E-state index in [1.54, 1.807) is 12.0 Å². The standard InChI is InChI=1S/C20H22N4O3/c1-27-18-10-6-5-9-17(18)23-11-13-24(14-12-23)20(26)19(25)22-21-15-16-7-3-2-4-8-16/h2-10,15H,11-14H2,1H3,(H,22,25)/b21-15-. The molecule has 1 N–H and O–H groups in total. The molecule has 7 heteroatoms. The summed E-state index contributed by atoms with van der Waals surface area (Å²) in [6.07, 6.45) is 1.50. The van der Waals surface area contributed by atoms with Crippen molar-refractivity contribution >= 4 is 23.7 Å². The summed E-state index contributed by atoms with van der Waals surface area (Å²) in [6.45, 7) is 2.19. The van der Waals surface area contributed by atoms with Crippen LogP contribution in [-0.4, -0.2) is 56.2 Å². The monoisotopic (exact) mass is 366 g/mol. The summed E-state index contributed by atoms with van der Waals surface area (Å²) in [4.78, 5) is 28.0. The molecule has 0 radical (unpaired) electrons. The number of para-hydroxylation sites is 2. The van der Waals surface area contributed by atoms with E-state index in [1.165, 1.54) is 6.21 Å². The Hall–Kier alpha value is -3.35. The fourth-order valence-electron chi connectivity index (χ4n) is 2.94. The molecule has 2 aromatic carbocycles. The van der Waals surface area contributed by atoms with Crippen LogP contribution in [0.3, 0.4) is 0 Å². The van der Waals surface area contributed by atoms with Gasteiger partial charge in [-0.05, 0) is 17.7 Å². The van der Waals surface area contributed by atoms with E-state index < -0.39 is 11.8 Å². The molecule has 0 atom stereocenters. The number of hydrogen-bond acceptors (Lipinski definition) is 5. The van der Waals surface area contributed by atoms with Gasteiger partial charge in [0.2, 0.25) is 0 Å². The highest BCUT2D eigenvalue weighted by atomic mass is 16.5. The van der Waals surface area contributed by atoms with Crippen LogP contribution in [0.1, 0.15) is 5.56 Å². The maximum atomic E-state index is 12.3. The molecule has 2 aromatic rings. The first kappa shape index (κ1) is 18.4. The minimum atomic E-state index is -0.729. The summed E-state index contributed by atoms with van der Waals surface area (Å²) in [6, 6.07) is 17.1. The van der Waals surface area contributed by atoms with Crippen LogP contribution in [0.25, 0.3) is 0 Å². The van der Waals surface area contributed by atoms with Crippen molar-refractivity contribution < 1.29 is 14.3 Å². The van der Waals surface area contributed by atoms with Gasteiger partial charge in [-0.1, -0.05) is 42.5 Å². The van der Waals surface area contributed by atoms with Gasteiger partial charge in [-0.3, -0.25) is 9.59 Å². The number of hydrazone groups is 1. The van der Waals surface area contributed by atoms with Crippen LogP contribution < -0.4 is 15.1 Å². The lowest BCUT2D eigenvalue weighted by atomic mass is 10.2. The number of anilines is 1. The van der Waals surface area contributed by atoms with Gasteiger partial charge in [0, 0.05) is 26.2 Å². The Bertz CT molecular complexity index is 815. The predicted octanol–water partition coefficient (Wildman–Crippen LogP) is 1.49. The Labute approximate surface area is 158 Å². The molecule has 1 saturated heterocycles. The smallest absolute Gasteiger partial charge is 0.329 e. The zero-order valence-corrected chi connectivity index (χ0v) is 15.2. The molecule has 0 aromatic heterocycles. The molecule has 0 aliphatic carbocycles. The molecule has 0 spiro atoms. The summed E-state index contributed by atoms with van der Waals surface area (Å²) in [5, 5.41) is 3.84. The van der Waals surface area contributed by atoms with E-state index in [0.717, 1.165) is 17.0 Å². The quantitative estimate of drug-likeness (QED) is 0.506. The van der Waals surface area contributed by atoms with Gasteiger partial charge < -0.3 is 14.5 Å². The number of nitrogens with zero attached hydrogens (tertiary/aromatic N) is 3. The summed E-state index contributed by atoms with van der Waals surface area (Å²) in [7, 11) is 1.64. The van der Waals surface area contributed by atoms with E-state index in [9.17, 15) is 9.59 Å². The van der Waals surface area contributed by atoms with Gasteiger partial charge in [-0.25, -0.2) is 5.43 Å². The second-order valence-corrected chi connectivity index (χ2v) is 6.06. The Morgan fingerprint density at radius 2 is 1.67 bits per heavy atom. The molecular weight excluding hydrogens is 344 g/mol. The molecule has 1 aliphatic rings. The zero-order valence-electron chi connectivity index (χ0n) is 15.2. The second-order valence-electron chi connectivity index (χ2n) is 6.06. The Morgan fingerprint density at radius 3 is 2.37 bits per heavy atom. The molecule has 0 saturated carbocycles. The number of piperazine rings is 1. The fraction of sp³-hybridized carbons (Fsp3) is 0.250. The summed E-state index contributed by atoms with van der Waals surface area (Å²) < 4.78 is 5.39. The van der Waals surface area contributed by atoms with E-state index >= 15 is 0 Å². The topological polar surface area (TPSA) is 74.2 Å². The van der Waals surface area contributed by atoms with E-state index in [0.29, 0.717) is 26.2 Å². The van der Waals surface area contributed by atoms with E-state index in [2.05, 4.69) is 15.4 Å². The third-order valence-corrected chi connectivity index (χ3v) is 4.37. The van der Waals surface area contributed by atoms with Crippen molar-refractivity contribution in [3.8, 4) is 5.75 Å². The van der Waals surface area contributed by atoms with E-state index in [4.69, 9.17) is 4.74 Å². The third-order valence-electron chi connectivity index (χ3n) is 4.37. The lowest BCUT2D eigenvalue weighted by Gasteiger charge is -2.36. The number of amides is 2. The van der Waals surface area contributed by atoms with Gasteiger partial charge in [0.1, 0.15) is 5.75 Å². The molecule has 1 fully saturated rings. The van der Waals surface area contributed by atoms with Gasteiger partial charge in [0.25, 0.3) is 0 Å². The number of nitrogens with one attached hydrogen (secondary N) is 1. The van der Waals surface area contributed by atoms with Crippen molar-refractivity contribution in [1.29, 1.82) is 0 Å². The minimum Gasteiger partial charge on any atom is -0.495 e. The number of methoxy groups -OCH3 is 1. The van der Waals surface area contributed by atoms with Gasteiger partial charge >= 0.3 is 11.8 Å². The number of ether oxygens (including phenoxy) is 1. The Balaban J connectivity index is 1.52. The van der Waals surface area contributed by atoms with Gasteiger partial charge in [0.05, 0.1) is 19.0 Å². The van der Waals surface area contributed by atoms with Gasteiger partial charge in [-0.2, -0.15) is 5.10 Å². The van der Waals surface area contributed by atoms with E-state index in [-0.39, 0.29) is 0 Å². The van der Waals surface area contributed by atoms with Gasteiger partial charge in [0.15, 0.2) is 0 Å². The average Bonchev–Trinajstić information content (AvgIpc) is 2.74. The molecule has 0 unspecified atom stereocenters. The Morgan fingerprint density at radius 1 is 1.00 bits per heavy atom. The van der Waals surface area contributed by atoms with Crippen LogP contribution >= 0.6 is 0 Å². The molecular formula is C20H22N4O3. The van der Waals surface area contributed by atoms with Crippen LogP contribution in [0.5, 0.6) is 5.75 Å². The minimum absolute atomic E-state index is 0.465. The normalized spacial score (nSPS) is 14.3. The number of carbonyl (C=O) groups is 2. The van der Waals surface area contributed by atoms with Crippen LogP contribution in [0.2, 0.25) is 0 Å². The van der Waals surface area contributed by atoms with Crippen LogP contribution in [-0.2, 0) is 9.59 Å². The molecule has 1 heterocycles. The van der Waals surface area contributed by atoms with Gasteiger partial charge in [-0.15, -0.1) is 0 Å².